The number of carboxylic acids is 1. The number of fused-ring (bicyclic) bond motifs is 1. The van der Waals surface area contributed by atoms with Gasteiger partial charge >= 0.3 is 5.97 Å². The second-order valence-electron chi connectivity index (χ2n) is 7.48. The lowest BCUT2D eigenvalue weighted by atomic mass is 9.94. The molecule has 1 fully saturated rings. The number of β-amino-alcohol motifs (C(OH)–C–C–N with tert-alkyl or cyclic N) is 1. The van der Waals surface area contributed by atoms with E-state index in [1.54, 1.807) is 12.1 Å². The van der Waals surface area contributed by atoms with E-state index in [9.17, 15) is 9.90 Å². The summed E-state index contributed by atoms with van der Waals surface area (Å²) in [6.07, 6.45) is 0. The fraction of sp³-hybridized carbons (Fsp3) is 0.304. The van der Waals surface area contributed by atoms with Gasteiger partial charge in [0.05, 0.1) is 23.4 Å². The Bertz CT molecular complexity index is 1050. The Balaban J connectivity index is 1.79. The minimum atomic E-state index is -0.989. The maximum absolute atomic E-state index is 12.4. The predicted octanol–water partition coefficient (Wildman–Crippen LogP) is 3.36. The molecule has 0 amide bonds. The van der Waals surface area contributed by atoms with Crippen molar-refractivity contribution < 1.29 is 15.0 Å². The second-order valence-corrected chi connectivity index (χ2v) is 7.92. The van der Waals surface area contributed by atoms with Gasteiger partial charge in [0.2, 0.25) is 0 Å². The fourth-order valence-corrected chi connectivity index (χ4v) is 4.23. The van der Waals surface area contributed by atoms with E-state index < -0.39 is 5.97 Å². The topological polar surface area (TPSA) is 76.9 Å². The van der Waals surface area contributed by atoms with Gasteiger partial charge in [0.25, 0.3) is 0 Å². The van der Waals surface area contributed by atoms with E-state index >= 15 is 0 Å². The lowest BCUT2D eigenvalue weighted by Gasteiger charge is -2.34. The summed E-state index contributed by atoms with van der Waals surface area (Å²) in [5.41, 5.74) is 3.01. The predicted molar refractivity (Wildman–Crippen MR) is 118 cm³/mol. The van der Waals surface area contributed by atoms with Gasteiger partial charge in [-0.15, -0.1) is 0 Å². The molecule has 1 aliphatic rings. The summed E-state index contributed by atoms with van der Waals surface area (Å²) in [6, 6.07) is 15.0. The third kappa shape index (κ3) is 4.32. The average Bonchev–Trinajstić information content (AvgIpc) is 2.75. The molecule has 6 nitrogen and oxygen atoms in total. The highest BCUT2D eigenvalue weighted by molar-refractivity contribution is 6.31. The molecule has 1 aromatic heterocycles. The normalized spacial score (nSPS) is 15.5. The van der Waals surface area contributed by atoms with Gasteiger partial charge in [-0.05, 0) is 23.8 Å². The van der Waals surface area contributed by atoms with Gasteiger partial charge in [-0.2, -0.15) is 0 Å². The number of rotatable bonds is 6. The smallest absolute Gasteiger partial charge is 0.338 e. The van der Waals surface area contributed by atoms with Crippen molar-refractivity contribution in [2.24, 2.45) is 0 Å². The van der Waals surface area contributed by atoms with Crippen LogP contribution in [-0.2, 0) is 6.54 Å². The molecule has 0 unspecified atom stereocenters. The number of pyridine rings is 1. The molecule has 1 saturated heterocycles. The van der Waals surface area contributed by atoms with E-state index in [0.717, 1.165) is 42.6 Å². The Labute approximate surface area is 180 Å². The Hall–Kier alpha value is -2.51. The highest BCUT2D eigenvalue weighted by Gasteiger charge is 2.25. The van der Waals surface area contributed by atoms with Crippen LogP contribution < -0.4 is 0 Å². The molecule has 0 radical (unpaired) electrons. The van der Waals surface area contributed by atoms with Crippen LogP contribution in [0.25, 0.3) is 22.0 Å². The summed E-state index contributed by atoms with van der Waals surface area (Å²) in [5, 5.41) is 20.6. The fourth-order valence-electron chi connectivity index (χ4n) is 4.06. The number of hydrogen-bond donors (Lipinski definition) is 2. The van der Waals surface area contributed by atoms with Crippen molar-refractivity contribution in [1.29, 1.82) is 0 Å². The van der Waals surface area contributed by atoms with Gasteiger partial charge in [-0.3, -0.25) is 14.8 Å². The van der Waals surface area contributed by atoms with Crippen molar-refractivity contribution in [3.8, 4) is 11.1 Å². The first-order valence-corrected chi connectivity index (χ1v) is 10.4. The summed E-state index contributed by atoms with van der Waals surface area (Å²) in [6.45, 7) is 4.59. The first kappa shape index (κ1) is 20.8. The zero-order valence-corrected chi connectivity index (χ0v) is 17.3. The summed E-state index contributed by atoms with van der Waals surface area (Å²) < 4.78 is 0. The Morgan fingerprint density at radius 1 is 1.03 bits per heavy atom. The van der Waals surface area contributed by atoms with E-state index in [2.05, 4.69) is 9.80 Å². The summed E-state index contributed by atoms with van der Waals surface area (Å²) >= 11 is 6.24. The molecule has 2 N–H and O–H groups in total. The number of aromatic carboxylic acids is 1. The maximum Gasteiger partial charge on any atom is 0.338 e. The summed E-state index contributed by atoms with van der Waals surface area (Å²) in [5.74, 6) is -0.989. The van der Waals surface area contributed by atoms with Crippen molar-refractivity contribution in [1.82, 2.24) is 14.8 Å². The van der Waals surface area contributed by atoms with Gasteiger partial charge in [-0.1, -0.05) is 41.9 Å². The van der Waals surface area contributed by atoms with Crippen molar-refractivity contribution in [2.45, 2.75) is 6.54 Å². The van der Waals surface area contributed by atoms with Crippen LogP contribution in [-0.4, -0.2) is 70.3 Å². The van der Waals surface area contributed by atoms with Crippen LogP contribution in [0.3, 0.4) is 0 Å². The van der Waals surface area contributed by atoms with E-state index in [4.69, 9.17) is 21.7 Å². The third-order valence-electron chi connectivity index (χ3n) is 5.55. The molecule has 0 spiro atoms. The minimum Gasteiger partial charge on any atom is -0.478 e. The molecule has 1 aliphatic heterocycles. The van der Waals surface area contributed by atoms with Crippen LogP contribution >= 0.6 is 11.6 Å². The van der Waals surface area contributed by atoms with Crippen LogP contribution in [0, 0.1) is 0 Å². The summed E-state index contributed by atoms with van der Waals surface area (Å²) in [7, 11) is 0. The molecule has 0 saturated carbocycles. The minimum absolute atomic E-state index is 0.151. The molecule has 2 heterocycles. The molecule has 30 heavy (non-hydrogen) atoms. The first-order valence-electron chi connectivity index (χ1n) is 10.0. The van der Waals surface area contributed by atoms with Gasteiger partial charge in [0, 0.05) is 55.2 Å². The highest BCUT2D eigenvalue weighted by atomic mass is 35.5. The van der Waals surface area contributed by atoms with E-state index in [1.165, 1.54) is 0 Å². The van der Waals surface area contributed by atoms with Crippen molar-refractivity contribution in [2.75, 3.05) is 39.3 Å². The van der Waals surface area contributed by atoms with Gasteiger partial charge in [0.15, 0.2) is 0 Å². The SMILES string of the molecule is O=C(O)c1c(CN2CCN(CCO)CC2)nc2ccc(Cl)cc2c1-c1ccccc1. The molecule has 0 aliphatic carbocycles. The van der Waals surface area contributed by atoms with Crippen molar-refractivity contribution in [3.63, 3.8) is 0 Å². The number of carboxylic acid groups (broad SMARTS) is 1. The molecule has 7 heteroatoms. The van der Waals surface area contributed by atoms with Gasteiger partial charge in [-0.25, -0.2) is 4.79 Å². The Kier molecular flexibility index (Phi) is 6.29. The number of aliphatic hydroxyl groups excluding tert-OH is 1. The van der Waals surface area contributed by atoms with Crippen LogP contribution in [0.5, 0.6) is 0 Å². The third-order valence-corrected chi connectivity index (χ3v) is 5.79. The number of nitrogens with zero attached hydrogens (tertiary/aromatic N) is 3. The zero-order chi connectivity index (χ0) is 21.1. The van der Waals surface area contributed by atoms with E-state index in [0.29, 0.717) is 29.4 Å². The lowest BCUT2D eigenvalue weighted by molar-refractivity contribution is 0.0692. The number of aromatic nitrogens is 1. The number of aliphatic hydroxyl groups is 1. The lowest BCUT2D eigenvalue weighted by Crippen LogP contribution is -2.46. The number of carbonyl (C=O) groups is 1. The Morgan fingerprint density at radius 2 is 1.73 bits per heavy atom. The average molecular weight is 426 g/mol. The van der Waals surface area contributed by atoms with Crippen LogP contribution in [0.2, 0.25) is 5.02 Å². The Morgan fingerprint density at radius 3 is 2.40 bits per heavy atom. The molecular weight excluding hydrogens is 402 g/mol. The summed E-state index contributed by atoms with van der Waals surface area (Å²) in [4.78, 5) is 21.6. The number of hydrogen-bond acceptors (Lipinski definition) is 5. The molecule has 0 bridgehead atoms. The van der Waals surface area contributed by atoms with E-state index in [-0.39, 0.29) is 12.2 Å². The molecule has 3 aromatic rings. The number of benzene rings is 2. The van der Waals surface area contributed by atoms with Crippen molar-refractivity contribution >= 4 is 28.5 Å². The molecule has 4 rings (SSSR count). The number of piperazine rings is 1. The molecule has 2 aromatic carbocycles. The first-order chi connectivity index (χ1) is 14.6. The van der Waals surface area contributed by atoms with Crippen LogP contribution in [0.4, 0.5) is 0 Å². The van der Waals surface area contributed by atoms with Crippen molar-refractivity contribution in [3.05, 3.63) is 64.8 Å². The molecule has 0 atom stereocenters. The maximum atomic E-state index is 12.4. The van der Waals surface area contributed by atoms with Gasteiger partial charge in [0.1, 0.15) is 0 Å². The largest absolute Gasteiger partial charge is 0.478 e. The standard InChI is InChI=1S/C23H24ClN3O3/c24-17-6-7-19-18(14-17)21(16-4-2-1-3-5-16)22(23(29)30)20(25-19)15-27-10-8-26(9-11-27)12-13-28/h1-7,14,28H,8-13,15H2,(H,29,30). The van der Waals surface area contributed by atoms with E-state index in [1.807, 2.05) is 36.4 Å². The highest BCUT2D eigenvalue weighted by Crippen LogP contribution is 2.35. The zero-order valence-electron chi connectivity index (χ0n) is 16.6. The van der Waals surface area contributed by atoms with Crippen LogP contribution in [0.1, 0.15) is 16.1 Å². The quantitative estimate of drug-likeness (QED) is 0.630. The number of halogens is 1. The molecular formula is C23H24ClN3O3. The van der Waals surface area contributed by atoms with Gasteiger partial charge < -0.3 is 10.2 Å². The second kappa shape index (κ2) is 9.10. The van der Waals surface area contributed by atoms with Crippen LogP contribution in [0.15, 0.2) is 48.5 Å². The monoisotopic (exact) mass is 425 g/mol. The molecule has 156 valence electrons.